The normalized spacial score (nSPS) is 16.8. The van der Waals surface area contributed by atoms with E-state index in [4.69, 9.17) is 0 Å². The van der Waals surface area contributed by atoms with Gasteiger partial charge >= 0.3 is 0 Å². The van der Waals surface area contributed by atoms with Gasteiger partial charge in [0.1, 0.15) is 11.4 Å². The highest BCUT2D eigenvalue weighted by Crippen LogP contribution is 2.35. The van der Waals surface area contributed by atoms with Gasteiger partial charge in [-0.1, -0.05) is 48.4 Å². The second kappa shape index (κ2) is 8.88. The third kappa shape index (κ3) is 4.62. The Hall–Kier alpha value is -2.18. The lowest BCUT2D eigenvalue weighted by Crippen LogP contribution is -2.52. The van der Waals surface area contributed by atoms with E-state index in [-0.39, 0.29) is 17.0 Å². The second-order valence-electron chi connectivity index (χ2n) is 6.87. The number of nitrogens with zero attached hydrogens (tertiary/aromatic N) is 4. The molecule has 1 aliphatic rings. The summed E-state index contributed by atoms with van der Waals surface area (Å²) in [5.74, 6) is -0.413. The molecule has 0 radical (unpaired) electrons. The van der Waals surface area contributed by atoms with Gasteiger partial charge in [-0.3, -0.25) is 4.79 Å². The van der Waals surface area contributed by atoms with Gasteiger partial charge < -0.3 is 10.2 Å². The summed E-state index contributed by atoms with van der Waals surface area (Å²) in [6, 6.07) is 8.48. The van der Waals surface area contributed by atoms with Gasteiger partial charge in [0.2, 0.25) is 11.0 Å². The third-order valence-corrected chi connectivity index (χ3v) is 6.98. The summed E-state index contributed by atoms with van der Waals surface area (Å²) in [4.78, 5) is 14.5. The Labute approximate surface area is 172 Å². The summed E-state index contributed by atoms with van der Waals surface area (Å²) < 4.78 is 13.9. The smallest absolute Gasteiger partial charge is 0.236 e. The molecule has 1 aromatic heterocycles. The van der Waals surface area contributed by atoms with Crippen molar-refractivity contribution >= 4 is 39.8 Å². The maximum Gasteiger partial charge on any atom is 0.236 e. The zero-order valence-corrected chi connectivity index (χ0v) is 17.4. The molecule has 1 N–H and O–H groups in total. The quantitative estimate of drug-likeness (QED) is 0.690. The van der Waals surface area contributed by atoms with Crippen LogP contribution in [0.3, 0.4) is 0 Å². The largest absolute Gasteiger partial charge is 0.330 e. The fourth-order valence-corrected chi connectivity index (χ4v) is 5.35. The second-order valence-corrected chi connectivity index (χ2v) is 9.44. The highest BCUT2D eigenvalue weighted by Gasteiger charge is 2.40. The number of benzene rings is 1. The molecular weight excluding hydrogens is 397 g/mol. The lowest BCUT2D eigenvalue weighted by atomic mass is 9.81. The van der Waals surface area contributed by atoms with Crippen molar-refractivity contribution in [1.82, 2.24) is 15.1 Å². The standard InChI is InChI=1S/C19H22FN5OS2/c1-13(16(26)25(2)19(12-21)9-4-3-5-10-19)27-18-24-23-17(28-18)22-15-8-6-7-14(20)11-15/h6-8,11,13H,3-5,9-10H2,1-2H3,(H,22,23)/t13-/m0/s1. The number of nitrogens with one attached hydrogen (secondary N) is 1. The topological polar surface area (TPSA) is 81.9 Å². The number of carbonyl (C=O) groups excluding carboxylic acids is 1. The molecule has 1 saturated carbocycles. The van der Waals surface area contributed by atoms with Crippen molar-refractivity contribution in [2.75, 3.05) is 12.4 Å². The first-order chi connectivity index (χ1) is 13.4. The monoisotopic (exact) mass is 419 g/mol. The van der Waals surface area contributed by atoms with Gasteiger partial charge in [0, 0.05) is 12.7 Å². The maximum absolute atomic E-state index is 13.3. The number of aromatic nitrogens is 2. The number of carbonyl (C=O) groups is 1. The van der Waals surface area contributed by atoms with Crippen molar-refractivity contribution in [1.29, 1.82) is 5.26 Å². The zero-order valence-electron chi connectivity index (χ0n) is 15.8. The minimum atomic E-state index is -0.699. The molecule has 1 aliphatic carbocycles. The van der Waals surface area contributed by atoms with E-state index in [2.05, 4.69) is 21.6 Å². The number of amides is 1. The number of rotatable bonds is 6. The number of anilines is 2. The van der Waals surface area contributed by atoms with Gasteiger partial charge in [-0.2, -0.15) is 5.26 Å². The van der Waals surface area contributed by atoms with Crippen LogP contribution in [0.15, 0.2) is 28.6 Å². The number of halogens is 1. The van der Waals surface area contributed by atoms with Crippen LogP contribution in [-0.2, 0) is 4.79 Å². The minimum absolute atomic E-state index is 0.0803. The van der Waals surface area contributed by atoms with E-state index in [0.717, 1.165) is 32.1 Å². The molecule has 3 rings (SSSR count). The van der Waals surface area contributed by atoms with Crippen LogP contribution in [0.4, 0.5) is 15.2 Å². The number of thioether (sulfide) groups is 1. The molecule has 28 heavy (non-hydrogen) atoms. The first kappa shape index (κ1) is 20.6. The molecule has 0 saturated heterocycles. The van der Waals surface area contributed by atoms with Crippen LogP contribution >= 0.6 is 23.1 Å². The summed E-state index contributed by atoms with van der Waals surface area (Å²) in [6.45, 7) is 1.82. The molecule has 9 heteroatoms. The SMILES string of the molecule is C[C@H](Sc1nnc(Nc2cccc(F)c2)s1)C(=O)N(C)C1(C#N)CCCCC1. The summed E-state index contributed by atoms with van der Waals surface area (Å²) in [7, 11) is 1.73. The molecule has 1 atom stereocenters. The fraction of sp³-hybridized carbons (Fsp3) is 0.474. The molecule has 1 aromatic carbocycles. The minimum Gasteiger partial charge on any atom is -0.330 e. The Morgan fingerprint density at radius 1 is 1.39 bits per heavy atom. The highest BCUT2D eigenvalue weighted by molar-refractivity contribution is 8.02. The average Bonchev–Trinajstić information content (AvgIpc) is 3.14. The Balaban J connectivity index is 1.63. The van der Waals surface area contributed by atoms with E-state index < -0.39 is 5.54 Å². The Bertz CT molecular complexity index is 875. The molecule has 0 spiro atoms. The zero-order chi connectivity index (χ0) is 20.1. The highest BCUT2D eigenvalue weighted by atomic mass is 32.2. The first-order valence-electron chi connectivity index (χ1n) is 9.15. The van der Waals surface area contributed by atoms with Gasteiger partial charge in [-0.15, -0.1) is 10.2 Å². The van der Waals surface area contributed by atoms with Gasteiger partial charge in [-0.05, 0) is 38.0 Å². The van der Waals surface area contributed by atoms with Crippen molar-refractivity contribution in [3.8, 4) is 6.07 Å². The van der Waals surface area contributed by atoms with Crippen LogP contribution in [0, 0.1) is 17.1 Å². The van der Waals surface area contributed by atoms with Crippen molar-refractivity contribution in [2.24, 2.45) is 0 Å². The Morgan fingerprint density at radius 3 is 2.82 bits per heavy atom. The maximum atomic E-state index is 13.3. The van der Waals surface area contributed by atoms with Crippen molar-refractivity contribution in [3.63, 3.8) is 0 Å². The molecule has 0 bridgehead atoms. The van der Waals surface area contributed by atoms with Gasteiger partial charge in [0.15, 0.2) is 4.34 Å². The van der Waals surface area contributed by atoms with Crippen LogP contribution in [0.25, 0.3) is 0 Å². The van der Waals surface area contributed by atoms with E-state index in [9.17, 15) is 14.4 Å². The van der Waals surface area contributed by atoms with Gasteiger partial charge in [-0.25, -0.2) is 4.39 Å². The fourth-order valence-electron chi connectivity index (χ4n) is 3.34. The number of hydrogen-bond donors (Lipinski definition) is 1. The predicted molar refractivity (Wildman–Crippen MR) is 109 cm³/mol. The summed E-state index contributed by atoms with van der Waals surface area (Å²) >= 11 is 2.62. The van der Waals surface area contributed by atoms with E-state index >= 15 is 0 Å². The van der Waals surface area contributed by atoms with Crippen molar-refractivity contribution in [2.45, 2.75) is 54.2 Å². The van der Waals surface area contributed by atoms with Crippen LogP contribution in [0.5, 0.6) is 0 Å². The molecule has 6 nitrogen and oxygen atoms in total. The predicted octanol–water partition coefficient (Wildman–Crippen LogP) is 4.59. The van der Waals surface area contributed by atoms with Crippen molar-refractivity contribution in [3.05, 3.63) is 30.1 Å². The van der Waals surface area contributed by atoms with E-state index in [1.807, 2.05) is 6.92 Å². The van der Waals surface area contributed by atoms with Crippen LogP contribution in [0.1, 0.15) is 39.0 Å². The molecule has 148 valence electrons. The third-order valence-electron chi connectivity index (χ3n) is 4.97. The van der Waals surface area contributed by atoms with E-state index in [1.54, 1.807) is 24.1 Å². The molecular formula is C19H22FN5OS2. The van der Waals surface area contributed by atoms with Crippen molar-refractivity contribution < 1.29 is 9.18 Å². The molecule has 1 fully saturated rings. The summed E-state index contributed by atoms with van der Waals surface area (Å²) in [6.07, 6.45) is 4.51. The summed E-state index contributed by atoms with van der Waals surface area (Å²) in [5, 5.41) is 21.0. The summed E-state index contributed by atoms with van der Waals surface area (Å²) in [5.41, 5.74) is -0.111. The Morgan fingerprint density at radius 2 is 2.14 bits per heavy atom. The number of nitriles is 1. The molecule has 0 unspecified atom stereocenters. The van der Waals surface area contributed by atoms with E-state index in [1.165, 1.54) is 35.2 Å². The Kier molecular flexibility index (Phi) is 6.52. The van der Waals surface area contributed by atoms with Gasteiger partial charge in [0.05, 0.1) is 11.3 Å². The molecule has 1 amide bonds. The van der Waals surface area contributed by atoms with Crippen LogP contribution in [0.2, 0.25) is 0 Å². The molecule has 0 aliphatic heterocycles. The van der Waals surface area contributed by atoms with Crippen LogP contribution in [-0.4, -0.2) is 38.8 Å². The van der Waals surface area contributed by atoms with E-state index in [0.29, 0.717) is 15.2 Å². The number of hydrogen-bond acceptors (Lipinski definition) is 7. The molecule has 1 heterocycles. The lowest BCUT2D eigenvalue weighted by Gasteiger charge is -2.39. The van der Waals surface area contributed by atoms with Crippen LogP contribution < -0.4 is 5.32 Å². The molecule has 2 aromatic rings. The van der Waals surface area contributed by atoms with Gasteiger partial charge in [0.25, 0.3) is 0 Å². The lowest BCUT2D eigenvalue weighted by molar-refractivity contribution is -0.133. The average molecular weight is 420 g/mol. The first-order valence-corrected chi connectivity index (χ1v) is 10.8.